The molecule has 2 aliphatic rings. The lowest BCUT2D eigenvalue weighted by Crippen LogP contribution is -2.48. The number of benzene rings is 2. The zero-order valence-corrected chi connectivity index (χ0v) is 19.2. The molecule has 1 aliphatic carbocycles. The highest BCUT2D eigenvalue weighted by Crippen LogP contribution is 2.40. The second kappa shape index (κ2) is 10.3. The monoisotopic (exact) mass is 437 g/mol. The maximum atomic E-state index is 13.3. The molecular weight excluding hydrogens is 402 g/mol. The number of hydrogen-bond donors (Lipinski definition) is 2. The number of likely N-dealkylation sites (N-methyl/N-ethyl adjacent to an activating group) is 1. The van der Waals surface area contributed by atoms with Crippen LogP contribution in [0, 0.1) is 0 Å². The van der Waals surface area contributed by atoms with Crippen LogP contribution in [0.2, 0.25) is 0 Å². The summed E-state index contributed by atoms with van der Waals surface area (Å²) < 4.78 is 5.37. The summed E-state index contributed by atoms with van der Waals surface area (Å²) in [6.07, 6.45) is 7.20. The number of amides is 2. The molecule has 4 rings (SSSR count). The van der Waals surface area contributed by atoms with Gasteiger partial charge in [-0.15, -0.1) is 0 Å². The van der Waals surface area contributed by atoms with Gasteiger partial charge in [-0.2, -0.15) is 0 Å². The minimum atomic E-state index is -0.217. The Labute approximate surface area is 191 Å². The number of rotatable bonds is 6. The maximum absolute atomic E-state index is 13.3. The molecule has 0 saturated heterocycles. The van der Waals surface area contributed by atoms with E-state index in [1.165, 1.54) is 32.1 Å². The third kappa shape index (κ3) is 4.85. The zero-order valence-electron chi connectivity index (χ0n) is 19.2. The van der Waals surface area contributed by atoms with Gasteiger partial charge < -0.3 is 25.0 Å². The lowest BCUT2D eigenvalue weighted by molar-refractivity contribution is 0.170. The van der Waals surface area contributed by atoms with E-state index in [2.05, 4.69) is 29.4 Å². The van der Waals surface area contributed by atoms with Crippen molar-refractivity contribution in [3.8, 4) is 11.5 Å². The molecule has 1 fully saturated rings. The second-order valence-electron chi connectivity index (χ2n) is 8.98. The Morgan fingerprint density at radius 3 is 2.66 bits per heavy atom. The summed E-state index contributed by atoms with van der Waals surface area (Å²) in [5.41, 5.74) is 3.11. The normalized spacial score (nSPS) is 19.0. The summed E-state index contributed by atoms with van der Waals surface area (Å²) in [4.78, 5) is 17.6. The molecule has 1 atom stereocenters. The van der Waals surface area contributed by atoms with E-state index in [1.54, 1.807) is 13.2 Å². The van der Waals surface area contributed by atoms with Crippen LogP contribution in [-0.4, -0.2) is 60.8 Å². The largest absolute Gasteiger partial charge is 0.504 e. The Morgan fingerprint density at radius 2 is 1.94 bits per heavy atom. The number of phenols is 1. The van der Waals surface area contributed by atoms with Crippen molar-refractivity contribution >= 4 is 6.03 Å². The van der Waals surface area contributed by atoms with Crippen molar-refractivity contribution in [3.63, 3.8) is 0 Å². The molecule has 6 nitrogen and oxygen atoms in total. The van der Waals surface area contributed by atoms with Crippen LogP contribution in [0.25, 0.3) is 0 Å². The van der Waals surface area contributed by atoms with Crippen molar-refractivity contribution in [2.45, 2.75) is 50.6 Å². The van der Waals surface area contributed by atoms with Crippen LogP contribution < -0.4 is 10.1 Å². The van der Waals surface area contributed by atoms with E-state index in [1.807, 2.05) is 29.2 Å². The van der Waals surface area contributed by atoms with Gasteiger partial charge in [0.15, 0.2) is 11.5 Å². The lowest BCUT2D eigenvalue weighted by Gasteiger charge is -2.38. The standard InChI is InChI=1S/C26H35N3O3/c1-28(21-11-7-4-8-12-21)16-14-27-26(31)29-15-13-20-17-23(30)24(32-2)18-22(20)25(29)19-9-5-3-6-10-19/h3,5-6,9-10,17-18,21,25,30H,4,7-8,11-16H2,1-2H3,(H,27,31). The molecule has 1 aliphatic heterocycles. The number of ether oxygens (including phenoxy) is 1. The number of fused-ring (bicyclic) bond motifs is 1. The fourth-order valence-corrected chi connectivity index (χ4v) is 5.16. The molecule has 2 N–H and O–H groups in total. The molecular formula is C26H35N3O3. The van der Waals surface area contributed by atoms with Crippen molar-refractivity contribution in [3.05, 3.63) is 59.2 Å². The van der Waals surface area contributed by atoms with Gasteiger partial charge in [-0.25, -0.2) is 4.79 Å². The Kier molecular flexibility index (Phi) is 7.20. The van der Waals surface area contributed by atoms with Crippen LogP contribution in [0.5, 0.6) is 11.5 Å². The van der Waals surface area contributed by atoms with Gasteiger partial charge in [0.05, 0.1) is 13.2 Å². The number of nitrogens with one attached hydrogen (secondary N) is 1. The van der Waals surface area contributed by atoms with Crippen LogP contribution in [0.4, 0.5) is 4.79 Å². The van der Waals surface area contributed by atoms with E-state index in [-0.39, 0.29) is 17.8 Å². The fourth-order valence-electron chi connectivity index (χ4n) is 5.16. The van der Waals surface area contributed by atoms with Crippen LogP contribution in [0.3, 0.4) is 0 Å². The number of aromatic hydroxyl groups is 1. The van der Waals surface area contributed by atoms with Crippen molar-refractivity contribution in [2.24, 2.45) is 0 Å². The summed E-state index contributed by atoms with van der Waals surface area (Å²) in [6.45, 7) is 2.09. The number of nitrogens with zero attached hydrogens (tertiary/aromatic N) is 2. The van der Waals surface area contributed by atoms with Crippen LogP contribution in [-0.2, 0) is 6.42 Å². The van der Waals surface area contributed by atoms with Crippen molar-refractivity contribution < 1.29 is 14.6 Å². The highest BCUT2D eigenvalue weighted by atomic mass is 16.5. The van der Waals surface area contributed by atoms with Gasteiger partial charge in [0.25, 0.3) is 0 Å². The molecule has 172 valence electrons. The van der Waals surface area contributed by atoms with E-state index >= 15 is 0 Å². The Bertz CT molecular complexity index is 912. The Balaban J connectivity index is 1.50. The van der Waals surface area contributed by atoms with Gasteiger partial charge >= 0.3 is 6.03 Å². The van der Waals surface area contributed by atoms with E-state index < -0.39 is 0 Å². The molecule has 0 radical (unpaired) electrons. The Morgan fingerprint density at radius 1 is 1.19 bits per heavy atom. The van der Waals surface area contributed by atoms with Gasteiger partial charge in [-0.1, -0.05) is 49.6 Å². The summed E-state index contributed by atoms with van der Waals surface area (Å²) in [5.74, 6) is 0.572. The molecule has 2 amide bonds. The van der Waals surface area contributed by atoms with Crippen molar-refractivity contribution in [1.82, 2.24) is 15.1 Å². The highest BCUT2D eigenvalue weighted by molar-refractivity contribution is 5.76. The molecule has 0 aromatic heterocycles. The van der Waals surface area contributed by atoms with E-state index in [4.69, 9.17) is 4.74 Å². The smallest absolute Gasteiger partial charge is 0.318 e. The van der Waals surface area contributed by atoms with E-state index in [0.29, 0.717) is 31.3 Å². The Hall–Kier alpha value is -2.73. The summed E-state index contributed by atoms with van der Waals surface area (Å²) in [5, 5.41) is 13.4. The molecule has 1 heterocycles. The van der Waals surface area contributed by atoms with E-state index in [9.17, 15) is 9.90 Å². The van der Waals surface area contributed by atoms with Gasteiger partial charge in [0.1, 0.15) is 0 Å². The minimum absolute atomic E-state index is 0.0476. The molecule has 6 heteroatoms. The second-order valence-corrected chi connectivity index (χ2v) is 8.98. The fraction of sp³-hybridized carbons (Fsp3) is 0.500. The molecule has 2 aromatic rings. The van der Waals surface area contributed by atoms with Crippen molar-refractivity contribution in [2.75, 3.05) is 33.8 Å². The average Bonchev–Trinajstić information content (AvgIpc) is 2.83. The number of carbonyl (C=O) groups excluding carboxylic acids is 1. The molecule has 32 heavy (non-hydrogen) atoms. The topological polar surface area (TPSA) is 65.0 Å². The first-order chi connectivity index (χ1) is 15.6. The zero-order chi connectivity index (χ0) is 22.5. The third-order valence-electron chi connectivity index (χ3n) is 6.98. The summed E-state index contributed by atoms with van der Waals surface area (Å²) >= 11 is 0. The van der Waals surface area contributed by atoms with Crippen LogP contribution >= 0.6 is 0 Å². The first-order valence-electron chi connectivity index (χ1n) is 11.8. The van der Waals surface area contributed by atoms with Gasteiger partial charge in [0, 0.05) is 25.7 Å². The molecule has 2 aromatic carbocycles. The predicted octanol–water partition coefficient (Wildman–Crippen LogP) is 4.32. The quantitative estimate of drug-likeness (QED) is 0.706. The first kappa shape index (κ1) is 22.5. The summed E-state index contributed by atoms with van der Waals surface area (Å²) in [6, 6.07) is 14.1. The molecule has 1 saturated carbocycles. The third-order valence-corrected chi connectivity index (χ3v) is 6.98. The molecule has 0 spiro atoms. The minimum Gasteiger partial charge on any atom is -0.504 e. The van der Waals surface area contributed by atoms with Gasteiger partial charge in [-0.3, -0.25) is 0 Å². The maximum Gasteiger partial charge on any atom is 0.318 e. The highest BCUT2D eigenvalue weighted by Gasteiger charge is 2.33. The number of phenolic OH excluding ortho intramolecular Hbond substituents is 1. The SMILES string of the molecule is COc1cc2c(cc1O)CCN(C(=O)NCCN(C)C1CCCCC1)C2c1ccccc1. The number of urea groups is 1. The van der Waals surface area contributed by atoms with Crippen molar-refractivity contribution in [1.29, 1.82) is 0 Å². The van der Waals surface area contributed by atoms with Crippen LogP contribution in [0.15, 0.2) is 42.5 Å². The number of carbonyl (C=O) groups is 1. The number of methoxy groups -OCH3 is 1. The number of hydrogen-bond acceptors (Lipinski definition) is 4. The van der Waals surface area contributed by atoms with E-state index in [0.717, 1.165) is 23.2 Å². The molecule has 1 unspecified atom stereocenters. The predicted molar refractivity (Wildman–Crippen MR) is 126 cm³/mol. The summed E-state index contributed by atoms with van der Waals surface area (Å²) in [7, 11) is 3.72. The first-order valence-corrected chi connectivity index (χ1v) is 11.8. The van der Waals surface area contributed by atoms with Gasteiger partial charge in [0.2, 0.25) is 0 Å². The lowest BCUT2D eigenvalue weighted by atomic mass is 9.88. The average molecular weight is 438 g/mol. The van der Waals surface area contributed by atoms with Gasteiger partial charge in [-0.05, 0) is 55.1 Å². The van der Waals surface area contributed by atoms with Crippen LogP contribution in [0.1, 0.15) is 54.8 Å². The molecule has 0 bridgehead atoms.